The molecule has 23 heavy (non-hydrogen) atoms. The van der Waals surface area contributed by atoms with Gasteiger partial charge in [0.25, 0.3) is 5.91 Å². The van der Waals surface area contributed by atoms with Crippen molar-refractivity contribution in [1.29, 1.82) is 0 Å². The maximum absolute atomic E-state index is 13.0. The second-order valence-electron chi connectivity index (χ2n) is 5.55. The van der Waals surface area contributed by atoms with E-state index in [-0.39, 0.29) is 30.2 Å². The summed E-state index contributed by atoms with van der Waals surface area (Å²) in [7, 11) is 0. The maximum atomic E-state index is 13.0. The molecule has 2 heterocycles. The van der Waals surface area contributed by atoms with Crippen LogP contribution in [0.5, 0.6) is 0 Å². The Morgan fingerprint density at radius 1 is 1.22 bits per heavy atom. The van der Waals surface area contributed by atoms with E-state index in [1.807, 2.05) is 0 Å². The number of hydrogen-bond donors (Lipinski definition) is 1. The number of benzene rings is 1. The van der Waals surface area contributed by atoms with Crippen LogP contribution in [0.1, 0.15) is 29.8 Å². The number of hydrogen-bond acceptors (Lipinski definition) is 3. The third-order valence-corrected chi connectivity index (χ3v) is 4.11. The lowest BCUT2D eigenvalue weighted by Crippen LogP contribution is -2.47. The van der Waals surface area contributed by atoms with Gasteiger partial charge in [0, 0.05) is 24.7 Å². The van der Waals surface area contributed by atoms with Gasteiger partial charge in [0.1, 0.15) is 11.6 Å². The van der Waals surface area contributed by atoms with Gasteiger partial charge < -0.3 is 15.1 Å². The van der Waals surface area contributed by atoms with E-state index in [0.29, 0.717) is 24.6 Å². The van der Waals surface area contributed by atoms with Crippen LogP contribution in [-0.4, -0.2) is 29.9 Å². The minimum absolute atomic E-state index is 0. The summed E-state index contributed by atoms with van der Waals surface area (Å²) >= 11 is 0. The Labute approximate surface area is 140 Å². The highest BCUT2D eigenvalue weighted by Gasteiger charge is 2.28. The first-order valence-electron chi connectivity index (χ1n) is 7.56. The molecule has 1 unspecified atom stereocenters. The average Bonchev–Trinajstić information content (AvgIpc) is 3.05. The number of rotatable bonds is 3. The number of amides is 1. The van der Waals surface area contributed by atoms with Gasteiger partial charge in [-0.3, -0.25) is 4.79 Å². The van der Waals surface area contributed by atoms with E-state index in [2.05, 4.69) is 0 Å². The molecule has 1 saturated heterocycles. The summed E-state index contributed by atoms with van der Waals surface area (Å²) in [6.45, 7) is 1.19. The van der Waals surface area contributed by atoms with E-state index in [9.17, 15) is 9.18 Å². The molecule has 1 fully saturated rings. The molecular formula is C17H20ClFN2O2. The molecule has 1 aliphatic heterocycles. The van der Waals surface area contributed by atoms with Crippen molar-refractivity contribution in [2.24, 2.45) is 5.73 Å². The minimum Gasteiger partial charge on any atom is -0.451 e. The van der Waals surface area contributed by atoms with Crippen LogP contribution in [0.3, 0.4) is 0 Å². The second kappa shape index (κ2) is 7.62. The molecule has 2 N–H and O–H groups in total. The van der Waals surface area contributed by atoms with Crippen LogP contribution in [0.2, 0.25) is 0 Å². The Hall–Kier alpha value is -1.85. The SMILES string of the molecule is Cl.NCC1CCCCN1C(=O)c1ccc(-c2ccc(F)cc2)o1. The predicted molar refractivity (Wildman–Crippen MR) is 89.1 cm³/mol. The lowest BCUT2D eigenvalue weighted by atomic mass is 10.0. The van der Waals surface area contributed by atoms with Crippen molar-refractivity contribution in [3.05, 3.63) is 48.0 Å². The first-order valence-corrected chi connectivity index (χ1v) is 7.56. The number of carbonyl (C=O) groups is 1. The van der Waals surface area contributed by atoms with E-state index in [1.54, 1.807) is 29.2 Å². The molecule has 1 aliphatic rings. The number of halogens is 2. The Balaban J connectivity index is 0.00000192. The van der Waals surface area contributed by atoms with E-state index in [0.717, 1.165) is 24.8 Å². The summed E-state index contributed by atoms with van der Waals surface area (Å²) in [5, 5.41) is 0. The van der Waals surface area contributed by atoms with Gasteiger partial charge in [-0.1, -0.05) is 0 Å². The van der Waals surface area contributed by atoms with Gasteiger partial charge in [-0.15, -0.1) is 12.4 Å². The fraction of sp³-hybridized carbons (Fsp3) is 0.353. The van der Waals surface area contributed by atoms with Crippen LogP contribution in [-0.2, 0) is 0 Å². The Kier molecular flexibility index (Phi) is 5.80. The first kappa shape index (κ1) is 17.5. The summed E-state index contributed by atoms with van der Waals surface area (Å²) in [4.78, 5) is 14.4. The molecule has 0 radical (unpaired) electrons. The van der Waals surface area contributed by atoms with Gasteiger partial charge in [-0.2, -0.15) is 0 Å². The molecule has 0 bridgehead atoms. The molecule has 1 aromatic carbocycles. The molecule has 3 rings (SSSR count). The molecule has 6 heteroatoms. The quantitative estimate of drug-likeness (QED) is 0.932. The topological polar surface area (TPSA) is 59.5 Å². The highest BCUT2D eigenvalue weighted by Crippen LogP contribution is 2.25. The molecule has 0 saturated carbocycles. The number of piperidine rings is 1. The lowest BCUT2D eigenvalue weighted by Gasteiger charge is -2.34. The van der Waals surface area contributed by atoms with E-state index in [4.69, 9.17) is 10.2 Å². The fourth-order valence-corrected chi connectivity index (χ4v) is 2.88. The monoisotopic (exact) mass is 338 g/mol. The van der Waals surface area contributed by atoms with Gasteiger partial charge >= 0.3 is 0 Å². The summed E-state index contributed by atoms with van der Waals surface area (Å²) in [5.74, 6) is 0.443. The summed E-state index contributed by atoms with van der Waals surface area (Å²) in [6, 6.07) is 9.49. The van der Waals surface area contributed by atoms with Crippen LogP contribution < -0.4 is 5.73 Å². The van der Waals surface area contributed by atoms with E-state index in [1.165, 1.54) is 12.1 Å². The smallest absolute Gasteiger partial charge is 0.289 e. The Morgan fingerprint density at radius 3 is 2.65 bits per heavy atom. The van der Waals surface area contributed by atoms with Crippen molar-refractivity contribution >= 4 is 18.3 Å². The zero-order valence-electron chi connectivity index (χ0n) is 12.7. The third kappa shape index (κ3) is 3.74. The number of carbonyl (C=O) groups excluding carboxylic acids is 1. The molecule has 1 amide bonds. The standard InChI is InChI=1S/C17H19FN2O2.ClH/c18-13-6-4-12(5-7-13)15-8-9-16(22-15)17(21)20-10-2-1-3-14(20)11-19;/h4-9,14H,1-3,10-11,19H2;1H. The average molecular weight is 339 g/mol. The predicted octanol–water partition coefficient (Wildman–Crippen LogP) is 3.46. The largest absolute Gasteiger partial charge is 0.451 e. The lowest BCUT2D eigenvalue weighted by molar-refractivity contribution is 0.0592. The van der Waals surface area contributed by atoms with Crippen molar-refractivity contribution in [2.75, 3.05) is 13.1 Å². The van der Waals surface area contributed by atoms with E-state index >= 15 is 0 Å². The van der Waals surface area contributed by atoms with Gasteiger partial charge in [0.05, 0.1) is 0 Å². The Bertz CT molecular complexity index is 657. The number of nitrogens with zero attached hydrogens (tertiary/aromatic N) is 1. The Morgan fingerprint density at radius 2 is 1.96 bits per heavy atom. The molecule has 124 valence electrons. The molecule has 2 aromatic rings. The van der Waals surface area contributed by atoms with Gasteiger partial charge in [-0.25, -0.2) is 4.39 Å². The molecular weight excluding hydrogens is 319 g/mol. The molecule has 1 atom stereocenters. The number of nitrogens with two attached hydrogens (primary N) is 1. The van der Waals surface area contributed by atoms with Crippen molar-refractivity contribution < 1.29 is 13.6 Å². The van der Waals surface area contributed by atoms with Gasteiger partial charge in [-0.05, 0) is 55.7 Å². The second-order valence-corrected chi connectivity index (χ2v) is 5.55. The molecule has 1 aromatic heterocycles. The highest BCUT2D eigenvalue weighted by atomic mass is 35.5. The van der Waals surface area contributed by atoms with Gasteiger partial charge in [0.15, 0.2) is 5.76 Å². The summed E-state index contributed by atoms with van der Waals surface area (Å²) < 4.78 is 18.6. The highest BCUT2D eigenvalue weighted by molar-refractivity contribution is 5.92. The number of furan rings is 1. The third-order valence-electron chi connectivity index (χ3n) is 4.11. The molecule has 4 nitrogen and oxygen atoms in total. The first-order chi connectivity index (χ1) is 10.7. The molecule has 0 spiro atoms. The van der Waals surface area contributed by atoms with Crippen molar-refractivity contribution in [3.63, 3.8) is 0 Å². The fourth-order valence-electron chi connectivity index (χ4n) is 2.88. The van der Waals surface area contributed by atoms with Crippen LogP contribution in [0, 0.1) is 5.82 Å². The zero-order chi connectivity index (χ0) is 15.5. The van der Waals surface area contributed by atoms with Crippen LogP contribution in [0.25, 0.3) is 11.3 Å². The van der Waals surface area contributed by atoms with Gasteiger partial charge in [0.2, 0.25) is 0 Å². The summed E-state index contributed by atoms with van der Waals surface area (Å²) in [5.41, 5.74) is 6.50. The number of likely N-dealkylation sites (tertiary alicyclic amines) is 1. The van der Waals surface area contributed by atoms with Crippen molar-refractivity contribution in [2.45, 2.75) is 25.3 Å². The minimum atomic E-state index is -0.300. The van der Waals surface area contributed by atoms with Crippen LogP contribution in [0.4, 0.5) is 4.39 Å². The van der Waals surface area contributed by atoms with Crippen LogP contribution in [0.15, 0.2) is 40.8 Å². The van der Waals surface area contributed by atoms with Crippen molar-refractivity contribution in [1.82, 2.24) is 4.90 Å². The van der Waals surface area contributed by atoms with Crippen LogP contribution >= 0.6 is 12.4 Å². The normalized spacial score (nSPS) is 17.7. The van der Waals surface area contributed by atoms with Crippen molar-refractivity contribution in [3.8, 4) is 11.3 Å². The maximum Gasteiger partial charge on any atom is 0.289 e. The molecule has 0 aliphatic carbocycles. The summed E-state index contributed by atoms with van der Waals surface area (Å²) in [6.07, 6.45) is 3.03. The zero-order valence-corrected chi connectivity index (χ0v) is 13.5. The van der Waals surface area contributed by atoms with E-state index < -0.39 is 0 Å².